The van der Waals surface area contributed by atoms with Crippen LogP contribution in [0.15, 0.2) is 4.99 Å². The molecule has 0 saturated heterocycles. The molecule has 0 aliphatic carbocycles. The van der Waals surface area contributed by atoms with E-state index in [9.17, 15) is 24.3 Å². The Kier molecular flexibility index (Phi) is 15.7. The molecule has 0 aromatic carbocycles. The van der Waals surface area contributed by atoms with Gasteiger partial charge in [0.1, 0.15) is 24.2 Å². The van der Waals surface area contributed by atoms with Crippen LogP contribution in [-0.4, -0.2) is 89.2 Å². The van der Waals surface area contributed by atoms with Crippen molar-refractivity contribution in [3.8, 4) is 0 Å². The summed E-state index contributed by atoms with van der Waals surface area (Å²) < 4.78 is 0. The maximum atomic E-state index is 13.0. The average molecular weight is 506 g/mol. The Morgan fingerprint density at radius 1 is 1.00 bits per heavy atom. The van der Waals surface area contributed by atoms with Crippen LogP contribution in [0.1, 0.15) is 39.5 Å². The van der Waals surface area contributed by atoms with Crippen LogP contribution < -0.4 is 33.2 Å². The molecule has 14 heteroatoms. The van der Waals surface area contributed by atoms with E-state index in [1.165, 1.54) is 11.8 Å². The predicted octanol–water partition coefficient (Wildman–Crippen LogP) is -2.30. The minimum Gasteiger partial charge on any atom is -0.480 e. The van der Waals surface area contributed by atoms with Gasteiger partial charge in [-0.1, -0.05) is 20.3 Å². The number of nitrogens with zero attached hydrogens (tertiary/aromatic N) is 1. The summed E-state index contributed by atoms with van der Waals surface area (Å²) >= 11 is 1.44. The number of carbonyl (C=O) groups excluding carboxylic acids is 3. The Hall–Kier alpha value is -2.58. The number of carboxylic acid groups (broad SMARTS) is 1. The average Bonchev–Trinajstić information content (AvgIpc) is 2.79. The van der Waals surface area contributed by atoms with Gasteiger partial charge >= 0.3 is 5.97 Å². The van der Waals surface area contributed by atoms with Crippen LogP contribution >= 0.6 is 11.8 Å². The number of hydrogen-bond donors (Lipinski definition) is 8. The van der Waals surface area contributed by atoms with Gasteiger partial charge in [0, 0.05) is 6.54 Å². The molecule has 5 unspecified atom stereocenters. The van der Waals surface area contributed by atoms with Crippen molar-refractivity contribution in [2.75, 3.05) is 25.2 Å². The quantitative estimate of drug-likeness (QED) is 0.0597. The summed E-state index contributed by atoms with van der Waals surface area (Å²) in [7, 11) is 0. The van der Waals surface area contributed by atoms with Crippen LogP contribution in [0.3, 0.4) is 0 Å². The number of rotatable bonds is 17. The van der Waals surface area contributed by atoms with Crippen molar-refractivity contribution in [2.24, 2.45) is 28.1 Å². The molecule has 0 spiro atoms. The molecule has 11 N–H and O–H groups in total. The standard InChI is InChI=1S/C20H39N7O6S/c1-4-11(2)15(27-16(29)12(21)10-28)18(31)25-13(6-5-8-24-20(22)23)17(30)26-14(19(32)33)7-9-34-3/h11-15,28H,4-10,21H2,1-3H3,(H,25,31)(H,26,30)(H,27,29)(H,32,33)(H4,22,23,24). The van der Waals surface area contributed by atoms with Crippen molar-refractivity contribution in [3.05, 3.63) is 0 Å². The van der Waals surface area contributed by atoms with Crippen molar-refractivity contribution in [2.45, 2.75) is 63.7 Å². The zero-order chi connectivity index (χ0) is 26.3. The number of nitrogens with one attached hydrogen (secondary N) is 3. The van der Waals surface area contributed by atoms with Gasteiger partial charge in [0.2, 0.25) is 17.7 Å². The zero-order valence-electron chi connectivity index (χ0n) is 20.0. The second-order valence-corrected chi connectivity index (χ2v) is 8.84. The van der Waals surface area contributed by atoms with E-state index in [0.717, 1.165) is 0 Å². The van der Waals surface area contributed by atoms with Gasteiger partial charge in [0.05, 0.1) is 6.61 Å². The SMILES string of the molecule is CCC(C)C(NC(=O)C(N)CO)C(=O)NC(CCCN=C(N)N)C(=O)NC(CCSC)C(=O)O. The second kappa shape index (κ2) is 16.9. The number of aliphatic imine (C=N–C) groups is 1. The van der Waals surface area contributed by atoms with Gasteiger partial charge in [-0.05, 0) is 37.2 Å². The molecule has 3 amide bonds. The first-order valence-corrected chi connectivity index (χ1v) is 12.4. The molecule has 0 radical (unpaired) electrons. The minimum absolute atomic E-state index is 0.118. The molecule has 0 aliphatic heterocycles. The number of aliphatic carboxylic acids is 1. The van der Waals surface area contributed by atoms with Crippen molar-refractivity contribution in [3.63, 3.8) is 0 Å². The van der Waals surface area contributed by atoms with Crippen molar-refractivity contribution >= 4 is 41.4 Å². The highest BCUT2D eigenvalue weighted by Crippen LogP contribution is 2.10. The highest BCUT2D eigenvalue weighted by molar-refractivity contribution is 7.98. The summed E-state index contributed by atoms with van der Waals surface area (Å²) in [5.74, 6) is -3.11. The van der Waals surface area contributed by atoms with E-state index < -0.39 is 54.5 Å². The molecule has 0 heterocycles. The number of carboxylic acids is 1. The summed E-state index contributed by atoms with van der Waals surface area (Å²) in [6.07, 6.45) is 3.01. The van der Waals surface area contributed by atoms with Gasteiger partial charge in [-0.15, -0.1) is 0 Å². The molecular formula is C20H39N7O6S. The van der Waals surface area contributed by atoms with E-state index in [4.69, 9.17) is 22.3 Å². The number of guanidine groups is 1. The molecule has 0 aliphatic rings. The number of thioether (sulfide) groups is 1. The van der Waals surface area contributed by atoms with E-state index in [1.807, 2.05) is 13.2 Å². The van der Waals surface area contributed by atoms with Crippen LogP contribution in [-0.2, 0) is 19.2 Å². The van der Waals surface area contributed by atoms with Gasteiger partial charge in [-0.3, -0.25) is 19.4 Å². The van der Waals surface area contributed by atoms with Crippen LogP contribution in [0.25, 0.3) is 0 Å². The molecule has 34 heavy (non-hydrogen) atoms. The molecule has 0 bridgehead atoms. The lowest BCUT2D eigenvalue weighted by Crippen LogP contribution is -2.59. The lowest BCUT2D eigenvalue weighted by molar-refractivity contribution is -0.142. The van der Waals surface area contributed by atoms with Crippen molar-refractivity contribution < 1.29 is 29.4 Å². The first-order chi connectivity index (χ1) is 16.0. The number of amides is 3. The first kappa shape index (κ1) is 31.4. The number of nitrogens with two attached hydrogens (primary N) is 3. The summed E-state index contributed by atoms with van der Waals surface area (Å²) in [4.78, 5) is 53.5. The van der Waals surface area contributed by atoms with E-state index in [1.54, 1.807) is 6.92 Å². The third kappa shape index (κ3) is 12.0. The van der Waals surface area contributed by atoms with E-state index in [-0.39, 0.29) is 31.3 Å². The molecule has 0 fully saturated rings. The Labute approximate surface area is 204 Å². The largest absolute Gasteiger partial charge is 0.480 e. The van der Waals surface area contributed by atoms with Gasteiger partial charge in [0.25, 0.3) is 0 Å². The first-order valence-electron chi connectivity index (χ1n) is 11.0. The van der Waals surface area contributed by atoms with Crippen LogP contribution in [0.5, 0.6) is 0 Å². The second-order valence-electron chi connectivity index (χ2n) is 7.85. The number of aliphatic hydroxyl groups is 1. The van der Waals surface area contributed by atoms with Crippen LogP contribution in [0, 0.1) is 5.92 Å². The number of hydrogen-bond acceptors (Lipinski definition) is 8. The Morgan fingerprint density at radius 3 is 2.12 bits per heavy atom. The van der Waals surface area contributed by atoms with Gasteiger partial charge < -0.3 is 43.4 Å². The van der Waals surface area contributed by atoms with Gasteiger partial charge in [0.15, 0.2) is 5.96 Å². The maximum Gasteiger partial charge on any atom is 0.326 e. The molecule has 0 rings (SSSR count). The normalized spacial score (nSPS) is 15.2. The van der Waals surface area contributed by atoms with Crippen LogP contribution in [0.2, 0.25) is 0 Å². The zero-order valence-corrected chi connectivity index (χ0v) is 20.8. The predicted molar refractivity (Wildman–Crippen MR) is 131 cm³/mol. The van der Waals surface area contributed by atoms with E-state index >= 15 is 0 Å². The minimum atomic E-state index is -1.20. The third-order valence-electron chi connectivity index (χ3n) is 5.13. The summed E-state index contributed by atoms with van der Waals surface area (Å²) in [6, 6.07) is -4.43. The Bertz CT molecular complexity index is 705. The summed E-state index contributed by atoms with van der Waals surface area (Å²) in [6.45, 7) is 3.17. The topological polar surface area (TPSA) is 235 Å². The summed E-state index contributed by atoms with van der Waals surface area (Å²) in [5, 5.41) is 26.1. The molecule has 0 saturated carbocycles. The molecule has 0 aromatic heterocycles. The highest BCUT2D eigenvalue weighted by atomic mass is 32.2. The van der Waals surface area contributed by atoms with Crippen molar-refractivity contribution in [1.82, 2.24) is 16.0 Å². The fraction of sp³-hybridized carbons (Fsp3) is 0.750. The van der Waals surface area contributed by atoms with Gasteiger partial charge in [-0.2, -0.15) is 11.8 Å². The van der Waals surface area contributed by atoms with Gasteiger partial charge in [-0.25, -0.2) is 4.79 Å². The lowest BCUT2D eigenvalue weighted by Gasteiger charge is -2.27. The Morgan fingerprint density at radius 2 is 1.62 bits per heavy atom. The fourth-order valence-electron chi connectivity index (χ4n) is 2.84. The summed E-state index contributed by atoms with van der Waals surface area (Å²) in [5.41, 5.74) is 16.2. The lowest BCUT2D eigenvalue weighted by atomic mass is 9.97. The maximum absolute atomic E-state index is 13.0. The number of carbonyl (C=O) groups is 4. The third-order valence-corrected chi connectivity index (χ3v) is 5.77. The molecule has 0 aromatic rings. The fourth-order valence-corrected chi connectivity index (χ4v) is 3.32. The van der Waals surface area contributed by atoms with Crippen LogP contribution in [0.4, 0.5) is 0 Å². The molecule has 5 atom stereocenters. The monoisotopic (exact) mass is 505 g/mol. The van der Waals surface area contributed by atoms with Crippen molar-refractivity contribution in [1.29, 1.82) is 0 Å². The molecular weight excluding hydrogens is 466 g/mol. The van der Waals surface area contributed by atoms with E-state index in [0.29, 0.717) is 18.6 Å². The van der Waals surface area contributed by atoms with E-state index in [2.05, 4.69) is 20.9 Å². The highest BCUT2D eigenvalue weighted by Gasteiger charge is 2.32. The molecule has 13 nitrogen and oxygen atoms in total. The number of aliphatic hydroxyl groups excluding tert-OH is 1. The Balaban J connectivity index is 5.59. The molecule has 196 valence electrons. The smallest absolute Gasteiger partial charge is 0.326 e.